The SMILES string of the molecule is CNCN[C@@H](CCC(=O)N[C@@H](CSC1C2=C3C(CC(Cc4ccncc4)=C[C@H]3C(=O)O2)CC2CCC(CC2)C12CCCC2)C(=O)N[C@@H](O)C(=O)O)C(=O)O. The molecule has 0 radical (unpaired) electrons. The van der Waals surface area contributed by atoms with E-state index < -0.39 is 48.0 Å². The molecule has 0 saturated heterocycles. The van der Waals surface area contributed by atoms with Crippen LogP contribution in [-0.4, -0.2) is 93.1 Å². The fourth-order valence-corrected chi connectivity index (χ4v) is 11.4. The number of aliphatic carboxylic acids is 2. The summed E-state index contributed by atoms with van der Waals surface area (Å²) in [6.45, 7) is 0.212. The zero-order chi connectivity index (χ0) is 38.4. The van der Waals surface area contributed by atoms with Gasteiger partial charge >= 0.3 is 17.9 Å². The number of aliphatic hydroxyl groups is 1. The summed E-state index contributed by atoms with van der Waals surface area (Å²) in [4.78, 5) is 68.1. The zero-order valence-electron chi connectivity index (χ0n) is 30.8. The number of allylic oxidation sites excluding steroid dienone is 1. The van der Waals surface area contributed by atoms with Crippen molar-refractivity contribution in [2.75, 3.05) is 19.5 Å². The molecular weight excluding hydrogens is 715 g/mol. The molecule has 2 heterocycles. The van der Waals surface area contributed by atoms with Crippen LogP contribution < -0.4 is 21.3 Å². The Morgan fingerprint density at radius 1 is 1.02 bits per heavy atom. The molecule has 14 nitrogen and oxygen atoms in total. The maximum absolute atomic E-state index is 13.9. The highest BCUT2D eigenvalue weighted by molar-refractivity contribution is 8.00. The van der Waals surface area contributed by atoms with Gasteiger partial charge in [0.05, 0.1) is 5.25 Å². The molecule has 7 N–H and O–H groups in total. The Morgan fingerprint density at radius 3 is 2.41 bits per heavy atom. The van der Waals surface area contributed by atoms with Crippen LogP contribution in [0.3, 0.4) is 0 Å². The average Bonchev–Trinajstić information content (AvgIpc) is 3.77. The lowest BCUT2D eigenvalue weighted by molar-refractivity contribution is -0.151. The summed E-state index contributed by atoms with van der Waals surface area (Å²) < 4.78 is 6.40. The second kappa shape index (κ2) is 17.8. The fraction of sp³-hybridized carbons (Fsp3) is 0.641. The molecule has 6 aliphatic rings. The summed E-state index contributed by atoms with van der Waals surface area (Å²) in [6, 6.07) is 1.73. The van der Waals surface area contributed by atoms with Gasteiger partial charge in [0.2, 0.25) is 18.0 Å². The van der Waals surface area contributed by atoms with Gasteiger partial charge in [-0.3, -0.25) is 29.5 Å². The van der Waals surface area contributed by atoms with Gasteiger partial charge in [-0.05, 0) is 105 Å². The van der Waals surface area contributed by atoms with Crippen LogP contribution in [0, 0.1) is 29.1 Å². The number of esters is 1. The van der Waals surface area contributed by atoms with E-state index in [9.17, 15) is 39.3 Å². The summed E-state index contributed by atoms with van der Waals surface area (Å²) in [7, 11) is 1.65. The van der Waals surface area contributed by atoms with Gasteiger partial charge in [-0.15, -0.1) is 11.8 Å². The standard InChI is InChI=1S/C39H53N5O9S/c1-40-21-42-28(36(48)49)8-9-30(45)43-29(34(46)44-35(47)37(50)51)20-54-33-32-31-25(17-22-4-6-26(7-5-22)39(33)12-2-3-13-39)18-24(19-27(31)38(52)53-32)16-23-10-14-41-15-11-23/h10-11,14-15,19,22,25-29,33,35,40,42,47H,2-9,12-13,16-18,20-21H2,1H3,(H,43,45)(H,44,46)(H,48,49)(H,50,51)/t22?,25?,26?,27-,28+,29+,33?,35+/m1/s1. The van der Waals surface area contributed by atoms with E-state index in [0.29, 0.717) is 17.6 Å². The van der Waals surface area contributed by atoms with Gasteiger partial charge in [-0.2, -0.15) is 0 Å². The second-order valence-corrected chi connectivity index (χ2v) is 16.8. The topological polar surface area (TPSA) is 216 Å². The number of carbonyl (C=O) groups excluding carboxylic acids is 3. The molecule has 54 heavy (non-hydrogen) atoms. The van der Waals surface area contributed by atoms with Gasteiger partial charge in [0, 0.05) is 31.2 Å². The molecule has 1 aliphatic heterocycles. The number of amides is 2. The minimum Gasteiger partial charge on any atom is -0.480 e. The number of hydrogen-bond acceptors (Lipinski definition) is 11. The quantitative estimate of drug-likeness (QED) is 0.0733. The van der Waals surface area contributed by atoms with E-state index in [-0.39, 0.29) is 47.8 Å². The maximum atomic E-state index is 13.9. The Labute approximate surface area is 319 Å². The van der Waals surface area contributed by atoms with Crippen LogP contribution >= 0.6 is 11.8 Å². The first-order chi connectivity index (χ1) is 26.0. The number of carboxylic acid groups (broad SMARTS) is 2. The van der Waals surface area contributed by atoms with E-state index in [4.69, 9.17) is 4.74 Å². The number of ether oxygens (including phenoxy) is 1. The van der Waals surface area contributed by atoms with E-state index >= 15 is 0 Å². The van der Waals surface area contributed by atoms with E-state index in [1.165, 1.54) is 17.3 Å². The predicted octanol–water partition coefficient (Wildman–Crippen LogP) is 2.87. The van der Waals surface area contributed by atoms with Gasteiger partial charge < -0.3 is 36.0 Å². The van der Waals surface area contributed by atoms with Crippen molar-refractivity contribution in [2.24, 2.45) is 29.1 Å². The van der Waals surface area contributed by atoms with Crippen LogP contribution in [0.2, 0.25) is 0 Å². The summed E-state index contributed by atoms with van der Waals surface area (Å²) in [5, 5.41) is 39.1. The second-order valence-electron chi connectivity index (χ2n) is 15.6. The number of carbonyl (C=O) groups is 5. The van der Waals surface area contributed by atoms with E-state index in [2.05, 4.69) is 32.3 Å². The molecular formula is C39H53N5O9S. The number of aliphatic hydroxyl groups excluding tert-OH is 1. The molecule has 6 atom stereocenters. The molecule has 5 aliphatic carbocycles. The van der Waals surface area contributed by atoms with Crippen LogP contribution in [-0.2, 0) is 35.1 Å². The van der Waals surface area contributed by atoms with Crippen molar-refractivity contribution in [1.82, 2.24) is 26.3 Å². The third kappa shape index (κ3) is 9.01. The Morgan fingerprint density at radius 2 is 1.74 bits per heavy atom. The molecule has 2 fully saturated rings. The van der Waals surface area contributed by atoms with Crippen molar-refractivity contribution in [3.05, 3.63) is 53.1 Å². The van der Waals surface area contributed by atoms with Crippen molar-refractivity contribution < 1.29 is 44.0 Å². The average molecular weight is 768 g/mol. The molecule has 1 aromatic rings. The molecule has 2 saturated carbocycles. The number of fused-ring (bicyclic) bond motifs is 2. The largest absolute Gasteiger partial charge is 0.480 e. The Balaban J connectivity index is 1.32. The summed E-state index contributed by atoms with van der Waals surface area (Å²) in [5.41, 5.74) is 3.21. The van der Waals surface area contributed by atoms with Gasteiger partial charge in [0.15, 0.2) is 0 Å². The first-order valence-electron chi connectivity index (χ1n) is 19.3. The Kier molecular flexibility index (Phi) is 13.1. The minimum absolute atomic E-state index is 0.0127. The van der Waals surface area contributed by atoms with Crippen LogP contribution in [0.15, 0.2) is 47.5 Å². The smallest absolute Gasteiger partial charge is 0.353 e. The molecule has 0 aromatic carbocycles. The molecule has 1 spiro atoms. The lowest BCUT2D eigenvalue weighted by atomic mass is 9.60. The minimum atomic E-state index is -2.19. The van der Waals surface area contributed by atoms with E-state index in [0.717, 1.165) is 81.8 Å². The number of hydrogen-bond donors (Lipinski definition) is 7. The van der Waals surface area contributed by atoms with Crippen LogP contribution in [0.4, 0.5) is 0 Å². The van der Waals surface area contributed by atoms with Crippen LogP contribution in [0.1, 0.15) is 82.6 Å². The number of rotatable bonds is 16. The zero-order valence-corrected chi connectivity index (χ0v) is 31.6. The molecule has 2 bridgehead atoms. The number of nitrogens with zero attached hydrogens (tertiary/aromatic N) is 1. The van der Waals surface area contributed by atoms with Crippen molar-refractivity contribution in [2.45, 2.75) is 107 Å². The number of aromatic nitrogens is 1. The molecule has 15 heteroatoms. The van der Waals surface area contributed by atoms with Crippen molar-refractivity contribution in [3.8, 4) is 0 Å². The third-order valence-corrected chi connectivity index (χ3v) is 13.8. The van der Waals surface area contributed by atoms with Crippen molar-refractivity contribution in [1.29, 1.82) is 0 Å². The van der Waals surface area contributed by atoms with E-state index in [1.54, 1.807) is 19.4 Å². The number of thioether (sulfide) groups is 1. The first-order valence-corrected chi connectivity index (χ1v) is 20.3. The third-order valence-electron chi connectivity index (χ3n) is 12.3. The van der Waals surface area contributed by atoms with Crippen LogP contribution in [0.25, 0.3) is 0 Å². The molecule has 1 aromatic heterocycles. The highest BCUT2D eigenvalue weighted by atomic mass is 32.2. The monoisotopic (exact) mass is 767 g/mol. The lowest BCUT2D eigenvalue weighted by Gasteiger charge is -2.48. The van der Waals surface area contributed by atoms with Crippen LogP contribution in [0.5, 0.6) is 0 Å². The number of nitrogens with one attached hydrogen (secondary N) is 4. The first kappa shape index (κ1) is 39.9. The Bertz CT molecular complexity index is 1620. The molecule has 7 rings (SSSR count). The van der Waals surface area contributed by atoms with Crippen molar-refractivity contribution >= 4 is 41.5 Å². The van der Waals surface area contributed by atoms with Gasteiger partial charge in [-0.1, -0.05) is 37.3 Å². The van der Waals surface area contributed by atoms with E-state index in [1.807, 2.05) is 12.1 Å². The summed E-state index contributed by atoms with van der Waals surface area (Å²) in [6.07, 6.45) is 14.1. The number of pyridine rings is 1. The highest BCUT2D eigenvalue weighted by Gasteiger charge is 2.55. The normalized spacial score (nSPS) is 27.3. The fourth-order valence-electron chi connectivity index (χ4n) is 9.71. The maximum Gasteiger partial charge on any atom is 0.353 e. The lowest BCUT2D eigenvalue weighted by Crippen LogP contribution is -2.53. The number of carboxylic acids is 2. The summed E-state index contributed by atoms with van der Waals surface area (Å²) >= 11 is 1.46. The summed E-state index contributed by atoms with van der Waals surface area (Å²) in [5.74, 6) is -3.22. The van der Waals surface area contributed by atoms with Gasteiger partial charge in [-0.25, -0.2) is 4.79 Å². The molecule has 294 valence electrons. The molecule has 2 amide bonds. The highest BCUT2D eigenvalue weighted by Crippen LogP contribution is 2.61. The van der Waals surface area contributed by atoms with Gasteiger partial charge in [0.1, 0.15) is 23.8 Å². The van der Waals surface area contributed by atoms with Crippen molar-refractivity contribution in [3.63, 3.8) is 0 Å². The Hall–Kier alpha value is -3.79. The predicted molar refractivity (Wildman–Crippen MR) is 199 cm³/mol. The van der Waals surface area contributed by atoms with Gasteiger partial charge in [0.25, 0.3) is 0 Å². The molecule has 2 unspecified atom stereocenters.